The van der Waals surface area contributed by atoms with E-state index in [0.29, 0.717) is 47.5 Å². The Morgan fingerprint density at radius 3 is 2.39 bits per heavy atom. The van der Waals surface area contributed by atoms with Gasteiger partial charge in [0.1, 0.15) is 17.5 Å². The van der Waals surface area contributed by atoms with E-state index in [1.165, 1.54) is 34.1 Å². The maximum absolute atomic E-state index is 14.2. The second-order valence-corrected chi connectivity index (χ2v) is 8.58. The van der Waals surface area contributed by atoms with Crippen molar-refractivity contribution in [2.24, 2.45) is 0 Å². The lowest BCUT2D eigenvalue weighted by atomic mass is 10.0. The van der Waals surface area contributed by atoms with Gasteiger partial charge < -0.3 is 10.0 Å². The first-order valence-electron chi connectivity index (χ1n) is 10.1. The monoisotopic (exact) mass is 441 g/mol. The molecule has 31 heavy (non-hydrogen) atoms. The van der Waals surface area contributed by atoms with E-state index in [4.69, 9.17) is 0 Å². The molecule has 0 amide bonds. The zero-order valence-corrected chi connectivity index (χ0v) is 17.7. The number of piperazine rings is 1. The molecule has 0 saturated carbocycles. The van der Waals surface area contributed by atoms with Gasteiger partial charge in [-0.1, -0.05) is 35.6 Å². The largest absolute Gasteiger partial charge is 0.492 e. The maximum Gasteiger partial charge on any atom is 0.230 e. The van der Waals surface area contributed by atoms with Gasteiger partial charge in [0.2, 0.25) is 10.8 Å². The van der Waals surface area contributed by atoms with E-state index in [1.807, 2.05) is 11.0 Å². The molecule has 160 valence electrons. The Kier molecular flexibility index (Phi) is 5.07. The third-order valence-electron chi connectivity index (χ3n) is 5.61. The number of hydrogen-bond acceptors (Lipinski definition) is 6. The van der Waals surface area contributed by atoms with Gasteiger partial charge in [0.05, 0.1) is 16.6 Å². The fourth-order valence-electron chi connectivity index (χ4n) is 4.13. The van der Waals surface area contributed by atoms with Crippen LogP contribution in [0.2, 0.25) is 0 Å². The first-order chi connectivity index (χ1) is 15.0. The number of thiazole rings is 1. The van der Waals surface area contributed by atoms with Crippen LogP contribution in [0.15, 0.2) is 48.5 Å². The highest BCUT2D eigenvalue weighted by molar-refractivity contribution is 7.17. The van der Waals surface area contributed by atoms with Crippen LogP contribution in [0.25, 0.3) is 4.96 Å². The lowest BCUT2D eigenvalue weighted by Crippen LogP contribution is -2.48. The smallest absolute Gasteiger partial charge is 0.230 e. The number of fused-ring (bicyclic) bond motifs is 1. The predicted molar refractivity (Wildman–Crippen MR) is 116 cm³/mol. The summed E-state index contributed by atoms with van der Waals surface area (Å²) in [5, 5.41) is 15.2. The van der Waals surface area contributed by atoms with Crippen LogP contribution in [0.3, 0.4) is 0 Å². The number of anilines is 1. The van der Waals surface area contributed by atoms with Gasteiger partial charge in [-0.05, 0) is 36.8 Å². The Morgan fingerprint density at radius 2 is 1.71 bits per heavy atom. The Morgan fingerprint density at radius 1 is 1.00 bits per heavy atom. The summed E-state index contributed by atoms with van der Waals surface area (Å²) in [6.07, 6.45) is 0. The third-order valence-corrected chi connectivity index (χ3v) is 6.68. The summed E-state index contributed by atoms with van der Waals surface area (Å²) in [5.41, 5.74) is 1.47. The van der Waals surface area contributed by atoms with E-state index in [-0.39, 0.29) is 23.6 Å². The zero-order valence-electron chi connectivity index (χ0n) is 16.9. The van der Waals surface area contributed by atoms with Gasteiger partial charge in [0.15, 0.2) is 0 Å². The summed E-state index contributed by atoms with van der Waals surface area (Å²) in [4.78, 5) is 9.95. The van der Waals surface area contributed by atoms with E-state index in [9.17, 15) is 13.9 Å². The molecule has 1 atom stereocenters. The number of benzene rings is 2. The molecule has 1 aliphatic heterocycles. The summed E-state index contributed by atoms with van der Waals surface area (Å²) in [7, 11) is 0. The molecule has 0 radical (unpaired) electrons. The topological polar surface area (TPSA) is 56.9 Å². The van der Waals surface area contributed by atoms with Crippen molar-refractivity contribution in [3.8, 4) is 5.88 Å². The Hall–Kier alpha value is -3.04. The number of halogens is 2. The molecule has 0 bridgehead atoms. The molecular formula is C22H21F2N5OS. The van der Waals surface area contributed by atoms with Crippen molar-refractivity contribution in [2.45, 2.75) is 13.0 Å². The van der Waals surface area contributed by atoms with Gasteiger partial charge >= 0.3 is 0 Å². The predicted octanol–water partition coefficient (Wildman–Crippen LogP) is 3.99. The van der Waals surface area contributed by atoms with Crippen molar-refractivity contribution in [2.75, 3.05) is 31.1 Å². The lowest BCUT2D eigenvalue weighted by molar-refractivity contribution is 0.210. The minimum Gasteiger partial charge on any atom is -0.492 e. The van der Waals surface area contributed by atoms with Crippen molar-refractivity contribution in [3.05, 3.63) is 76.4 Å². The average molecular weight is 442 g/mol. The van der Waals surface area contributed by atoms with Crippen LogP contribution in [0, 0.1) is 18.6 Å². The molecule has 1 N–H and O–H groups in total. The highest BCUT2D eigenvalue weighted by Gasteiger charge is 2.32. The first-order valence-corrected chi connectivity index (χ1v) is 10.9. The molecule has 5 rings (SSSR count). The molecule has 2 aromatic heterocycles. The lowest BCUT2D eigenvalue weighted by Gasteiger charge is -2.40. The van der Waals surface area contributed by atoms with Crippen LogP contribution in [0.5, 0.6) is 5.88 Å². The molecule has 9 heteroatoms. The van der Waals surface area contributed by atoms with Gasteiger partial charge in [0, 0.05) is 26.2 Å². The number of rotatable bonds is 4. The minimum atomic E-state index is -0.311. The van der Waals surface area contributed by atoms with Crippen molar-refractivity contribution in [1.29, 1.82) is 0 Å². The molecule has 3 heterocycles. The minimum absolute atomic E-state index is 0.0476. The molecule has 2 aromatic carbocycles. The maximum atomic E-state index is 14.2. The second kappa shape index (κ2) is 7.90. The summed E-state index contributed by atoms with van der Waals surface area (Å²) < 4.78 is 29.3. The van der Waals surface area contributed by atoms with E-state index < -0.39 is 0 Å². The molecule has 1 aliphatic rings. The number of aromatic nitrogens is 3. The molecule has 6 nitrogen and oxygen atoms in total. The number of aromatic hydroxyl groups is 1. The Bertz CT molecular complexity index is 1210. The summed E-state index contributed by atoms with van der Waals surface area (Å²) >= 11 is 1.38. The van der Waals surface area contributed by atoms with E-state index in [0.717, 1.165) is 5.56 Å². The molecule has 0 unspecified atom stereocenters. The first kappa shape index (κ1) is 19.9. The summed E-state index contributed by atoms with van der Waals surface area (Å²) in [6.45, 7) is 4.36. The number of hydrogen-bond donors (Lipinski definition) is 1. The Balaban J connectivity index is 1.48. The highest BCUT2D eigenvalue weighted by atomic mass is 32.1. The highest BCUT2D eigenvalue weighted by Crippen LogP contribution is 2.40. The van der Waals surface area contributed by atoms with Gasteiger partial charge in [-0.3, -0.25) is 4.90 Å². The van der Waals surface area contributed by atoms with Crippen molar-refractivity contribution >= 4 is 22.0 Å². The van der Waals surface area contributed by atoms with E-state index in [1.54, 1.807) is 31.2 Å². The fraction of sp³-hybridized carbons (Fsp3) is 0.273. The van der Waals surface area contributed by atoms with Gasteiger partial charge in [-0.2, -0.15) is 4.52 Å². The third kappa shape index (κ3) is 3.64. The van der Waals surface area contributed by atoms with Gasteiger partial charge in [-0.15, -0.1) is 5.10 Å². The average Bonchev–Trinajstić information content (AvgIpc) is 3.28. The molecular weight excluding hydrogens is 420 g/mol. The van der Waals surface area contributed by atoms with Crippen LogP contribution in [0.4, 0.5) is 14.5 Å². The van der Waals surface area contributed by atoms with Gasteiger partial charge in [0.25, 0.3) is 0 Å². The fourth-order valence-corrected chi connectivity index (χ4v) is 5.29. The summed E-state index contributed by atoms with van der Waals surface area (Å²) in [5.74, 6) is 0.0929. The number of nitrogens with zero attached hydrogens (tertiary/aromatic N) is 5. The molecule has 0 aliphatic carbocycles. The SMILES string of the molecule is Cc1nc2sc([C@@H](c3ccc(F)cc3)N3CCN(c4ccccc4F)CC3)c(O)n2n1. The van der Waals surface area contributed by atoms with E-state index >= 15 is 0 Å². The van der Waals surface area contributed by atoms with Crippen molar-refractivity contribution < 1.29 is 13.9 Å². The number of aryl methyl sites for hydroxylation is 1. The van der Waals surface area contributed by atoms with Crippen LogP contribution in [0.1, 0.15) is 22.3 Å². The quantitative estimate of drug-likeness (QED) is 0.519. The van der Waals surface area contributed by atoms with Crippen LogP contribution in [-0.4, -0.2) is 50.8 Å². The second-order valence-electron chi connectivity index (χ2n) is 7.57. The molecule has 1 saturated heterocycles. The Labute approximate surface area is 182 Å². The standard InChI is InChI=1S/C22H21F2N5OS/c1-14-25-22-29(26-14)21(30)20(31-22)19(15-6-8-16(23)9-7-15)28-12-10-27(11-13-28)18-5-3-2-4-17(18)24/h2-9,19,30H,10-13H2,1H3/t19-/m1/s1. The van der Waals surface area contributed by atoms with E-state index in [2.05, 4.69) is 15.0 Å². The van der Waals surface area contributed by atoms with Crippen molar-refractivity contribution in [3.63, 3.8) is 0 Å². The van der Waals surface area contributed by atoms with Crippen LogP contribution in [-0.2, 0) is 0 Å². The molecule has 0 spiro atoms. The number of para-hydroxylation sites is 1. The zero-order chi connectivity index (χ0) is 21.5. The molecule has 1 fully saturated rings. The molecule has 4 aromatic rings. The summed E-state index contributed by atoms with van der Waals surface area (Å²) in [6, 6.07) is 12.8. The van der Waals surface area contributed by atoms with Gasteiger partial charge in [-0.25, -0.2) is 13.8 Å². The van der Waals surface area contributed by atoms with Crippen molar-refractivity contribution in [1.82, 2.24) is 19.5 Å². The van der Waals surface area contributed by atoms with Crippen LogP contribution < -0.4 is 4.90 Å². The normalized spacial score (nSPS) is 16.2. The van der Waals surface area contributed by atoms with Crippen LogP contribution >= 0.6 is 11.3 Å².